The summed E-state index contributed by atoms with van der Waals surface area (Å²) in [5.41, 5.74) is 2.37. The van der Waals surface area contributed by atoms with E-state index in [9.17, 15) is 9.90 Å². The number of rotatable bonds is 6. The van der Waals surface area contributed by atoms with Crippen molar-refractivity contribution in [3.63, 3.8) is 0 Å². The van der Waals surface area contributed by atoms with Crippen LogP contribution in [0.25, 0.3) is 11.1 Å². The van der Waals surface area contributed by atoms with E-state index in [0.717, 1.165) is 66.5 Å². The highest BCUT2D eigenvalue weighted by Gasteiger charge is 2.50. The van der Waals surface area contributed by atoms with Crippen LogP contribution in [0, 0.1) is 0 Å². The van der Waals surface area contributed by atoms with Gasteiger partial charge in [-0.2, -0.15) is 0 Å². The summed E-state index contributed by atoms with van der Waals surface area (Å²) < 4.78 is 6.89. The molecule has 1 aliphatic carbocycles. The number of esters is 1. The van der Waals surface area contributed by atoms with Crippen molar-refractivity contribution in [2.24, 2.45) is 0 Å². The predicted octanol–water partition coefficient (Wildman–Crippen LogP) is 3.48. The summed E-state index contributed by atoms with van der Waals surface area (Å²) in [5, 5.41) is 11.7. The quantitative estimate of drug-likeness (QED) is 0.466. The van der Waals surface area contributed by atoms with E-state index < -0.39 is 11.6 Å². The molecule has 6 nitrogen and oxygen atoms in total. The van der Waals surface area contributed by atoms with Crippen LogP contribution in [0.1, 0.15) is 36.0 Å². The van der Waals surface area contributed by atoms with Crippen molar-refractivity contribution in [3.05, 3.63) is 83.9 Å². The zero-order chi connectivity index (χ0) is 22.9. The number of hydrogen-bond donors (Lipinski definition) is 1. The van der Waals surface area contributed by atoms with Gasteiger partial charge in [0.25, 0.3) is 0 Å². The highest BCUT2D eigenvalue weighted by molar-refractivity contribution is 5.96. The van der Waals surface area contributed by atoms with Gasteiger partial charge in [-0.3, -0.25) is 0 Å². The Balaban J connectivity index is 1.29. The maximum atomic E-state index is 13.5. The summed E-state index contributed by atoms with van der Waals surface area (Å²) in [6.45, 7) is 2.82. The lowest BCUT2D eigenvalue weighted by molar-refractivity contribution is -0.917. The van der Waals surface area contributed by atoms with Crippen LogP contribution in [0.3, 0.4) is 0 Å². The molecule has 0 spiro atoms. The number of benzene rings is 2. The SMILES string of the molecule is C[N+]1(CCCc2cncnc2)CCC[C@@H](OC(=O)C2(O)c3ccccc3-c3ccccc32)C1. The number of ether oxygens (including phenoxy) is 1. The van der Waals surface area contributed by atoms with E-state index in [1.807, 2.05) is 60.9 Å². The number of hydrogen-bond acceptors (Lipinski definition) is 5. The van der Waals surface area contributed by atoms with E-state index in [1.54, 1.807) is 6.33 Å². The van der Waals surface area contributed by atoms with E-state index in [-0.39, 0.29) is 6.10 Å². The Hall–Kier alpha value is -3.09. The maximum absolute atomic E-state index is 13.5. The molecule has 1 fully saturated rings. The fraction of sp³-hybridized carbons (Fsp3) is 0.370. The number of likely N-dealkylation sites (tertiary alicyclic amines) is 1. The molecular weight excluding hydrogens is 414 g/mol. The third-order valence-corrected chi connectivity index (χ3v) is 7.14. The molecule has 1 aliphatic heterocycles. The largest absolute Gasteiger partial charge is 0.454 e. The Labute approximate surface area is 194 Å². The standard InChI is InChI=1S/C27H30N3O3/c1-30(14-6-8-20-16-28-19-29-17-20)15-7-9-21(18-30)33-26(31)27(32)24-12-4-2-10-22(24)23-11-3-5-13-25(23)27/h2-5,10-13,16-17,19,21,32H,6-9,14-15,18H2,1H3/q+1/t21-,30?/m1/s1. The fourth-order valence-electron chi connectivity index (χ4n) is 5.47. The number of piperidine rings is 1. The maximum Gasteiger partial charge on any atom is 0.348 e. The van der Waals surface area contributed by atoms with Gasteiger partial charge in [0.05, 0.1) is 20.1 Å². The molecule has 5 rings (SSSR count). The normalized spacial score (nSPS) is 22.9. The lowest BCUT2D eigenvalue weighted by atomic mass is 9.91. The van der Waals surface area contributed by atoms with Crippen LogP contribution >= 0.6 is 0 Å². The van der Waals surface area contributed by atoms with Gasteiger partial charge in [-0.05, 0) is 29.5 Å². The molecule has 2 atom stereocenters. The molecule has 6 heteroatoms. The van der Waals surface area contributed by atoms with Crippen molar-refractivity contribution in [2.45, 2.75) is 37.4 Å². The number of carbonyl (C=O) groups is 1. The number of nitrogens with zero attached hydrogens (tertiary/aromatic N) is 3. The third-order valence-electron chi connectivity index (χ3n) is 7.14. The highest BCUT2D eigenvalue weighted by Crippen LogP contribution is 2.48. The molecule has 1 aromatic heterocycles. The number of carbonyl (C=O) groups excluding carboxylic acids is 1. The first-order valence-corrected chi connectivity index (χ1v) is 11.7. The van der Waals surface area contributed by atoms with Gasteiger partial charge < -0.3 is 14.3 Å². The molecule has 0 saturated carbocycles. The predicted molar refractivity (Wildman–Crippen MR) is 125 cm³/mol. The second-order valence-electron chi connectivity index (χ2n) is 9.57. The summed E-state index contributed by atoms with van der Waals surface area (Å²) in [4.78, 5) is 21.7. The Morgan fingerprint density at radius 3 is 2.39 bits per heavy atom. The van der Waals surface area contributed by atoms with E-state index in [2.05, 4.69) is 17.0 Å². The van der Waals surface area contributed by atoms with Crippen molar-refractivity contribution in [1.82, 2.24) is 9.97 Å². The van der Waals surface area contributed by atoms with E-state index in [4.69, 9.17) is 4.74 Å². The molecule has 0 bridgehead atoms. The average Bonchev–Trinajstić information content (AvgIpc) is 3.10. The molecule has 0 radical (unpaired) electrons. The zero-order valence-corrected chi connectivity index (χ0v) is 19.0. The van der Waals surface area contributed by atoms with Crippen LogP contribution in [0.4, 0.5) is 0 Å². The molecule has 3 aromatic rings. The second-order valence-corrected chi connectivity index (χ2v) is 9.57. The summed E-state index contributed by atoms with van der Waals surface area (Å²) in [6, 6.07) is 15.1. The molecule has 170 valence electrons. The molecule has 1 N–H and O–H groups in total. The van der Waals surface area contributed by atoms with Gasteiger partial charge in [0.1, 0.15) is 12.9 Å². The van der Waals surface area contributed by atoms with Crippen LogP contribution in [0.2, 0.25) is 0 Å². The first kappa shape index (κ1) is 21.7. The number of aliphatic hydroxyl groups is 1. The van der Waals surface area contributed by atoms with Gasteiger partial charge in [-0.1, -0.05) is 48.5 Å². The Morgan fingerprint density at radius 1 is 1.09 bits per heavy atom. The molecule has 0 amide bonds. The van der Waals surface area contributed by atoms with Crippen molar-refractivity contribution < 1.29 is 19.1 Å². The smallest absolute Gasteiger partial charge is 0.348 e. The molecule has 2 aliphatic rings. The third kappa shape index (κ3) is 4.05. The van der Waals surface area contributed by atoms with E-state index >= 15 is 0 Å². The van der Waals surface area contributed by atoms with Crippen LogP contribution < -0.4 is 0 Å². The van der Waals surface area contributed by atoms with Gasteiger partial charge in [-0.15, -0.1) is 0 Å². The van der Waals surface area contributed by atoms with E-state index in [0.29, 0.717) is 11.1 Å². The fourth-order valence-corrected chi connectivity index (χ4v) is 5.47. The lowest BCUT2D eigenvalue weighted by Gasteiger charge is -2.41. The summed E-state index contributed by atoms with van der Waals surface area (Å²) in [7, 11) is 2.23. The number of likely N-dealkylation sites (N-methyl/N-ethyl adjacent to an activating group) is 1. The van der Waals surface area contributed by atoms with Crippen LogP contribution in [-0.4, -0.2) is 58.3 Å². The first-order valence-electron chi connectivity index (χ1n) is 11.7. The highest BCUT2D eigenvalue weighted by atomic mass is 16.6. The molecule has 1 saturated heterocycles. The summed E-state index contributed by atoms with van der Waals surface area (Å²) in [6.07, 6.45) is 8.86. The van der Waals surface area contributed by atoms with Crippen LogP contribution in [-0.2, 0) is 21.6 Å². The van der Waals surface area contributed by atoms with Crippen molar-refractivity contribution in [3.8, 4) is 11.1 Å². The topological polar surface area (TPSA) is 72.3 Å². The van der Waals surface area contributed by atoms with Gasteiger partial charge in [-0.25, -0.2) is 14.8 Å². The molecule has 2 aromatic carbocycles. The average molecular weight is 445 g/mol. The van der Waals surface area contributed by atoms with Gasteiger partial charge in [0.15, 0.2) is 6.10 Å². The summed E-state index contributed by atoms with van der Waals surface area (Å²) >= 11 is 0. The molecule has 2 heterocycles. The zero-order valence-electron chi connectivity index (χ0n) is 19.0. The van der Waals surface area contributed by atoms with Gasteiger partial charge >= 0.3 is 5.97 Å². The van der Waals surface area contributed by atoms with Crippen molar-refractivity contribution in [1.29, 1.82) is 0 Å². The lowest BCUT2D eigenvalue weighted by Crippen LogP contribution is -2.55. The van der Waals surface area contributed by atoms with Crippen LogP contribution in [0.5, 0.6) is 0 Å². The van der Waals surface area contributed by atoms with Crippen molar-refractivity contribution in [2.75, 3.05) is 26.7 Å². The number of aryl methyl sites for hydroxylation is 1. The minimum atomic E-state index is -1.76. The molecule has 1 unspecified atom stereocenters. The molecular formula is C27H30N3O3+. The monoisotopic (exact) mass is 444 g/mol. The van der Waals surface area contributed by atoms with Crippen molar-refractivity contribution >= 4 is 5.97 Å². The van der Waals surface area contributed by atoms with E-state index in [1.165, 1.54) is 0 Å². The second kappa shape index (κ2) is 8.69. The van der Waals surface area contributed by atoms with Gasteiger partial charge in [0, 0.05) is 36.4 Å². The Bertz CT molecular complexity index is 1100. The number of quaternary nitrogens is 1. The Kier molecular flexibility index (Phi) is 5.72. The van der Waals surface area contributed by atoms with Gasteiger partial charge in [0.2, 0.25) is 5.60 Å². The Morgan fingerprint density at radius 2 is 1.73 bits per heavy atom. The minimum Gasteiger partial charge on any atom is -0.454 e. The molecule has 33 heavy (non-hydrogen) atoms. The number of fused-ring (bicyclic) bond motifs is 3. The number of aromatic nitrogens is 2. The van der Waals surface area contributed by atoms with Crippen LogP contribution in [0.15, 0.2) is 67.3 Å². The minimum absolute atomic E-state index is 0.208. The summed E-state index contributed by atoms with van der Waals surface area (Å²) in [5.74, 6) is -0.570. The first-order chi connectivity index (χ1) is 16.0.